The van der Waals surface area contributed by atoms with Crippen molar-refractivity contribution in [2.24, 2.45) is 0 Å². The number of piperazine rings is 1. The first-order valence-corrected chi connectivity index (χ1v) is 10.9. The predicted molar refractivity (Wildman–Crippen MR) is 122 cm³/mol. The lowest BCUT2D eigenvalue weighted by Crippen LogP contribution is -2.47. The van der Waals surface area contributed by atoms with Crippen LogP contribution in [0.2, 0.25) is 0 Å². The van der Waals surface area contributed by atoms with Crippen LogP contribution in [-0.2, 0) is 6.18 Å². The molecule has 0 bridgehead atoms. The van der Waals surface area contributed by atoms with Crippen molar-refractivity contribution >= 4 is 28.2 Å². The first-order valence-electron chi connectivity index (χ1n) is 10.9. The summed E-state index contributed by atoms with van der Waals surface area (Å²) in [5.41, 5.74) is 0.849. The number of alkyl halides is 3. The van der Waals surface area contributed by atoms with Gasteiger partial charge in [-0.1, -0.05) is 6.07 Å². The van der Waals surface area contributed by atoms with Crippen LogP contribution in [-0.4, -0.2) is 60.0 Å². The van der Waals surface area contributed by atoms with E-state index in [1.807, 2.05) is 4.90 Å². The van der Waals surface area contributed by atoms with Gasteiger partial charge in [0.1, 0.15) is 0 Å². The third-order valence-corrected chi connectivity index (χ3v) is 5.97. The minimum absolute atomic E-state index is 0.0783. The number of non-ortho nitro benzene ring substituents is 1. The number of benzene rings is 2. The van der Waals surface area contributed by atoms with Crippen LogP contribution in [0.1, 0.15) is 22.3 Å². The molecule has 1 aliphatic heterocycles. The van der Waals surface area contributed by atoms with Crippen molar-refractivity contribution in [3.63, 3.8) is 0 Å². The lowest BCUT2D eigenvalue weighted by atomic mass is 10.1. The topological polar surface area (TPSA) is 94.5 Å². The van der Waals surface area contributed by atoms with Crippen LogP contribution >= 0.6 is 0 Å². The van der Waals surface area contributed by atoms with Gasteiger partial charge in [-0.3, -0.25) is 19.8 Å². The van der Waals surface area contributed by atoms with E-state index in [9.17, 15) is 28.1 Å². The quantitative estimate of drug-likeness (QED) is 0.306. The number of amides is 1. The summed E-state index contributed by atoms with van der Waals surface area (Å²) < 4.78 is 38.9. The fourth-order valence-electron chi connectivity index (χ4n) is 4.12. The molecule has 2 aromatic carbocycles. The number of nitrogens with one attached hydrogen (secondary N) is 2. The third-order valence-electron chi connectivity index (χ3n) is 5.97. The zero-order valence-corrected chi connectivity index (χ0v) is 18.3. The number of nitro benzene ring substituents is 1. The number of rotatable bonds is 7. The van der Waals surface area contributed by atoms with Gasteiger partial charge in [0.05, 0.1) is 16.1 Å². The normalized spacial score (nSPS) is 15.0. The second kappa shape index (κ2) is 9.72. The average molecular weight is 475 g/mol. The molecule has 0 saturated carbocycles. The van der Waals surface area contributed by atoms with Crippen molar-refractivity contribution in [2.45, 2.75) is 12.6 Å². The van der Waals surface area contributed by atoms with Crippen LogP contribution < -0.4 is 10.2 Å². The Morgan fingerprint density at radius 2 is 1.88 bits per heavy atom. The molecule has 8 nitrogen and oxygen atoms in total. The lowest BCUT2D eigenvalue weighted by molar-refractivity contribution is -0.384. The summed E-state index contributed by atoms with van der Waals surface area (Å²) in [6.45, 7) is 3.88. The van der Waals surface area contributed by atoms with Crippen LogP contribution in [0, 0.1) is 10.1 Å². The van der Waals surface area contributed by atoms with E-state index in [4.69, 9.17) is 0 Å². The van der Waals surface area contributed by atoms with Gasteiger partial charge in [0.15, 0.2) is 0 Å². The van der Waals surface area contributed by atoms with E-state index in [-0.39, 0.29) is 11.6 Å². The monoisotopic (exact) mass is 475 g/mol. The number of anilines is 1. The number of hydrogen-bond donors (Lipinski definition) is 2. The van der Waals surface area contributed by atoms with E-state index in [2.05, 4.69) is 15.2 Å². The van der Waals surface area contributed by atoms with Gasteiger partial charge in [-0.2, -0.15) is 13.2 Å². The summed E-state index contributed by atoms with van der Waals surface area (Å²) in [5, 5.41) is 14.4. The first kappa shape index (κ1) is 23.6. The van der Waals surface area contributed by atoms with Gasteiger partial charge in [-0.25, -0.2) is 0 Å². The highest BCUT2D eigenvalue weighted by molar-refractivity contribution is 6.07. The summed E-state index contributed by atoms with van der Waals surface area (Å²) in [4.78, 5) is 30.2. The van der Waals surface area contributed by atoms with Crippen LogP contribution in [0.5, 0.6) is 0 Å². The largest absolute Gasteiger partial charge is 0.416 e. The molecular formula is C23H24F3N5O3. The number of nitrogens with zero attached hydrogens (tertiary/aromatic N) is 3. The van der Waals surface area contributed by atoms with E-state index < -0.39 is 16.7 Å². The van der Waals surface area contributed by atoms with E-state index in [1.165, 1.54) is 30.5 Å². The Labute approximate surface area is 193 Å². The highest BCUT2D eigenvalue weighted by atomic mass is 19.4. The van der Waals surface area contributed by atoms with Crippen LogP contribution in [0.25, 0.3) is 10.9 Å². The van der Waals surface area contributed by atoms with Crippen LogP contribution in [0.4, 0.5) is 24.5 Å². The van der Waals surface area contributed by atoms with Crippen LogP contribution in [0.15, 0.2) is 48.7 Å². The molecule has 1 aliphatic rings. The Hall–Kier alpha value is -3.60. The second-order valence-corrected chi connectivity index (χ2v) is 8.18. The maximum Gasteiger partial charge on any atom is 0.416 e. The molecule has 0 aliphatic carbocycles. The number of halogens is 3. The summed E-state index contributed by atoms with van der Waals surface area (Å²) in [7, 11) is 0. The number of H-pyrrole nitrogens is 1. The van der Waals surface area contributed by atoms with Crippen molar-refractivity contribution in [1.29, 1.82) is 0 Å². The Morgan fingerprint density at radius 3 is 2.59 bits per heavy atom. The minimum atomic E-state index is -4.36. The van der Waals surface area contributed by atoms with E-state index >= 15 is 0 Å². The molecule has 2 heterocycles. The number of carbonyl (C=O) groups is 1. The Balaban J connectivity index is 1.23. The molecule has 0 atom stereocenters. The van der Waals surface area contributed by atoms with Crippen molar-refractivity contribution in [3.05, 3.63) is 69.9 Å². The van der Waals surface area contributed by atoms with Gasteiger partial charge in [0.25, 0.3) is 11.6 Å². The van der Waals surface area contributed by atoms with Gasteiger partial charge in [-0.05, 0) is 37.2 Å². The molecular weight excluding hydrogens is 451 g/mol. The lowest BCUT2D eigenvalue weighted by Gasteiger charge is -2.36. The van der Waals surface area contributed by atoms with E-state index in [1.54, 1.807) is 12.1 Å². The van der Waals surface area contributed by atoms with Crippen molar-refractivity contribution < 1.29 is 22.9 Å². The zero-order valence-electron chi connectivity index (χ0n) is 18.3. The van der Waals surface area contributed by atoms with Gasteiger partial charge >= 0.3 is 6.18 Å². The summed E-state index contributed by atoms with van der Waals surface area (Å²) in [6.07, 6.45) is -2.11. The number of fused-ring (bicyclic) bond motifs is 1. The Kier molecular flexibility index (Phi) is 6.73. The fraction of sp³-hybridized carbons (Fsp3) is 0.348. The van der Waals surface area contributed by atoms with Gasteiger partial charge in [0, 0.05) is 67.6 Å². The van der Waals surface area contributed by atoms with Crippen molar-refractivity contribution in [2.75, 3.05) is 44.2 Å². The molecule has 2 N–H and O–H groups in total. The Bertz CT molecular complexity index is 1190. The Morgan fingerprint density at radius 1 is 1.12 bits per heavy atom. The zero-order chi connectivity index (χ0) is 24.3. The highest BCUT2D eigenvalue weighted by Gasteiger charge is 2.31. The molecule has 11 heteroatoms. The van der Waals surface area contributed by atoms with Gasteiger partial charge in [-0.15, -0.1) is 0 Å². The maximum absolute atomic E-state index is 13.0. The maximum atomic E-state index is 13.0. The molecule has 4 rings (SSSR count). The summed E-state index contributed by atoms with van der Waals surface area (Å²) >= 11 is 0. The molecule has 0 radical (unpaired) electrons. The number of carbonyl (C=O) groups excluding carboxylic acids is 1. The molecule has 0 unspecified atom stereocenters. The number of nitro groups is 1. The smallest absolute Gasteiger partial charge is 0.369 e. The fourth-order valence-corrected chi connectivity index (χ4v) is 4.12. The molecule has 1 fully saturated rings. The molecule has 34 heavy (non-hydrogen) atoms. The number of hydrogen-bond acceptors (Lipinski definition) is 5. The van der Waals surface area contributed by atoms with Crippen molar-refractivity contribution in [1.82, 2.24) is 15.2 Å². The second-order valence-electron chi connectivity index (χ2n) is 8.18. The summed E-state index contributed by atoms with van der Waals surface area (Å²) in [5.74, 6) is -0.305. The predicted octanol–water partition coefficient (Wildman–Crippen LogP) is 4.04. The minimum Gasteiger partial charge on any atom is -0.369 e. The highest BCUT2D eigenvalue weighted by Crippen LogP contribution is 2.32. The van der Waals surface area contributed by atoms with Crippen LogP contribution in [0.3, 0.4) is 0 Å². The molecule has 3 aromatic rings. The SMILES string of the molecule is O=C(NCCCN1CCN(c2cccc(C(F)(F)F)c2)CC1)c1c[nH]c2ccc([N+](=O)[O-])cc12. The molecule has 0 spiro atoms. The molecule has 1 saturated heterocycles. The number of aromatic amines is 1. The van der Waals surface area contributed by atoms with Gasteiger partial charge < -0.3 is 15.2 Å². The first-order chi connectivity index (χ1) is 16.2. The van der Waals surface area contributed by atoms with E-state index in [0.29, 0.717) is 48.2 Å². The number of aromatic nitrogens is 1. The van der Waals surface area contributed by atoms with E-state index in [0.717, 1.165) is 25.7 Å². The summed E-state index contributed by atoms with van der Waals surface area (Å²) in [6, 6.07) is 9.72. The molecule has 180 valence electrons. The third kappa shape index (κ3) is 5.30. The van der Waals surface area contributed by atoms with Crippen molar-refractivity contribution in [3.8, 4) is 0 Å². The standard InChI is InChI=1S/C23H24F3N5O3/c24-23(25,26)16-3-1-4-17(13-16)30-11-9-29(10-12-30)8-2-7-27-22(32)20-15-28-21-6-5-18(31(33)34)14-19(20)21/h1,3-6,13-15,28H,2,7-12H2,(H,27,32). The molecule has 1 amide bonds. The van der Waals surface area contributed by atoms with Gasteiger partial charge in [0.2, 0.25) is 0 Å². The average Bonchev–Trinajstić information content (AvgIpc) is 3.25. The molecule has 1 aromatic heterocycles.